The number of aromatic nitrogens is 1. The van der Waals surface area contributed by atoms with E-state index in [2.05, 4.69) is 9.72 Å². The Bertz CT molecular complexity index is 538. The van der Waals surface area contributed by atoms with E-state index in [1.165, 1.54) is 12.0 Å². The number of pyridine rings is 1. The van der Waals surface area contributed by atoms with E-state index < -0.39 is 17.8 Å². The van der Waals surface area contributed by atoms with Gasteiger partial charge in [-0.15, -0.1) is 0 Å². The highest BCUT2D eigenvalue weighted by atomic mass is 19.4. The van der Waals surface area contributed by atoms with Crippen LogP contribution in [0.15, 0.2) is 12.1 Å². The van der Waals surface area contributed by atoms with Crippen LogP contribution in [0.3, 0.4) is 0 Å². The van der Waals surface area contributed by atoms with E-state index in [9.17, 15) is 18.0 Å². The van der Waals surface area contributed by atoms with E-state index in [0.29, 0.717) is 0 Å². The first-order valence-electron chi connectivity index (χ1n) is 5.63. The number of hydrogen-bond acceptors (Lipinski definition) is 5. The number of ether oxygens (including phenoxy) is 1. The number of carbonyl (C=O) groups is 1. The zero-order chi connectivity index (χ0) is 15.3. The van der Waals surface area contributed by atoms with E-state index in [-0.39, 0.29) is 24.5 Å². The van der Waals surface area contributed by atoms with Gasteiger partial charge < -0.3 is 9.64 Å². The minimum absolute atomic E-state index is 0.0382. The number of nitriles is 1. The molecule has 108 valence electrons. The zero-order valence-electron chi connectivity index (χ0n) is 10.9. The minimum atomic E-state index is -4.62. The largest absolute Gasteiger partial charge is 0.468 e. The molecule has 0 atom stereocenters. The Labute approximate surface area is 113 Å². The third-order valence-electron chi connectivity index (χ3n) is 2.51. The summed E-state index contributed by atoms with van der Waals surface area (Å²) in [6.45, 7) is 1.56. The molecule has 0 aliphatic heterocycles. The molecule has 0 amide bonds. The van der Waals surface area contributed by atoms with Gasteiger partial charge >= 0.3 is 12.1 Å². The first kappa shape index (κ1) is 15.8. The molecule has 1 aromatic rings. The molecule has 0 saturated heterocycles. The number of alkyl halides is 3. The average Bonchev–Trinajstić information content (AvgIpc) is 2.42. The summed E-state index contributed by atoms with van der Waals surface area (Å²) < 4.78 is 42.4. The van der Waals surface area contributed by atoms with Gasteiger partial charge in [0.1, 0.15) is 24.1 Å². The SMILES string of the molecule is CCN(CC(=O)OC)c1nc(C(F)(F)F)ccc1C#N. The van der Waals surface area contributed by atoms with Crippen molar-refractivity contribution < 1.29 is 22.7 Å². The average molecular weight is 287 g/mol. The highest BCUT2D eigenvalue weighted by Crippen LogP contribution is 2.30. The molecule has 8 heteroatoms. The summed E-state index contributed by atoms with van der Waals surface area (Å²) in [7, 11) is 1.17. The number of likely N-dealkylation sites (N-methyl/N-ethyl adjacent to an activating group) is 1. The Hall–Kier alpha value is -2.30. The smallest absolute Gasteiger partial charge is 0.433 e. The fourth-order valence-corrected chi connectivity index (χ4v) is 1.49. The Morgan fingerprint density at radius 3 is 2.60 bits per heavy atom. The van der Waals surface area contributed by atoms with Gasteiger partial charge in [0.2, 0.25) is 0 Å². The maximum atomic E-state index is 12.6. The number of methoxy groups -OCH3 is 1. The van der Waals surface area contributed by atoms with Crippen molar-refractivity contribution in [1.29, 1.82) is 5.26 Å². The molecule has 0 bridgehead atoms. The lowest BCUT2D eigenvalue weighted by atomic mass is 10.2. The molecule has 5 nitrogen and oxygen atoms in total. The van der Waals surface area contributed by atoms with Crippen molar-refractivity contribution in [2.24, 2.45) is 0 Å². The fraction of sp³-hybridized carbons (Fsp3) is 0.417. The van der Waals surface area contributed by atoms with Gasteiger partial charge in [0, 0.05) is 6.54 Å². The van der Waals surface area contributed by atoms with Crippen LogP contribution in [-0.2, 0) is 15.7 Å². The van der Waals surface area contributed by atoms with Crippen LogP contribution in [0, 0.1) is 11.3 Å². The van der Waals surface area contributed by atoms with E-state index in [1.807, 2.05) is 0 Å². The summed E-state index contributed by atoms with van der Waals surface area (Å²) in [5.74, 6) is -0.815. The summed E-state index contributed by atoms with van der Waals surface area (Å²) >= 11 is 0. The van der Waals surface area contributed by atoms with Gasteiger partial charge in [0.05, 0.1) is 12.7 Å². The molecular weight excluding hydrogens is 275 g/mol. The molecular formula is C12H12F3N3O2. The second-order valence-electron chi connectivity index (χ2n) is 3.77. The van der Waals surface area contributed by atoms with Crippen LogP contribution in [0.2, 0.25) is 0 Å². The van der Waals surface area contributed by atoms with Crippen molar-refractivity contribution in [3.63, 3.8) is 0 Å². The van der Waals surface area contributed by atoms with Crippen LogP contribution < -0.4 is 4.90 Å². The molecule has 0 aliphatic carbocycles. The Kier molecular flexibility index (Phi) is 4.91. The monoisotopic (exact) mass is 287 g/mol. The van der Waals surface area contributed by atoms with Crippen LogP contribution in [0.5, 0.6) is 0 Å². The van der Waals surface area contributed by atoms with Crippen LogP contribution in [0.1, 0.15) is 18.2 Å². The summed E-state index contributed by atoms with van der Waals surface area (Å²) in [5.41, 5.74) is -1.15. The maximum Gasteiger partial charge on any atom is 0.433 e. The fourth-order valence-electron chi connectivity index (χ4n) is 1.49. The van der Waals surface area contributed by atoms with Crippen molar-refractivity contribution in [1.82, 2.24) is 4.98 Å². The molecule has 0 N–H and O–H groups in total. The van der Waals surface area contributed by atoms with E-state index >= 15 is 0 Å². The lowest BCUT2D eigenvalue weighted by Gasteiger charge is -2.22. The molecule has 1 aromatic heterocycles. The number of carbonyl (C=O) groups excluding carboxylic acids is 1. The molecule has 0 fully saturated rings. The molecule has 1 rings (SSSR count). The van der Waals surface area contributed by atoms with E-state index in [4.69, 9.17) is 5.26 Å². The van der Waals surface area contributed by atoms with Crippen molar-refractivity contribution in [2.75, 3.05) is 25.1 Å². The Balaban J connectivity index is 3.25. The third kappa shape index (κ3) is 3.60. The van der Waals surface area contributed by atoms with Gasteiger partial charge in [0.25, 0.3) is 0 Å². The maximum absolute atomic E-state index is 12.6. The van der Waals surface area contributed by atoms with Gasteiger partial charge in [0.15, 0.2) is 0 Å². The number of hydrogen-bond donors (Lipinski definition) is 0. The van der Waals surface area contributed by atoms with Gasteiger partial charge in [-0.3, -0.25) is 4.79 Å². The number of rotatable bonds is 4. The van der Waals surface area contributed by atoms with Crippen LogP contribution in [0.4, 0.5) is 19.0 Å². The first-order valence-corrected chi connectivity index (χ1v) is 5.63. The Morgan fingerprint density at radius 2 is 2.15 bits per heavy atom. The molecule has 0 aliphatic rings. The molecule has 0 aromatic carbocycles. The van der Waals surface area contributed by atoms with Crippen LogP contribution >= 0.6 is 0 Å². The number of nitrogens with zero attached hydrogens (tertiary/aromatic N) is 3. The van der Waals surface area contributed by atoms with Crippen LogP contribution in [-0.4, -0.2) is 31.2 Å². The lowest BCUT2D eigenvalue weighted by molar-refractivity contribution is -0.141. The topological polar surface area (TPSA) is 66.2 Å². The van der Waals surface area contributed by atoms with Gasteiger partial charge in [-0.05, 0) is 19.1 Å². The number of anilines is 1. The zero-order valence-corrected chi connectivity index (χ0v) is 10.9. The van der Waals surface area contributed by atoms with Crippen molar-refractivity contribution >= 4 is 11.8 Å². The quantitative estimate of drug-likeness (QED) is 0.792. The first-order chi connectivity index (χ1) is 9.33. The third-order valence-corrected chi connectivity index (χ3v) is 2.51. The predicted octanol–water partition coefficient (Wildman–Crippen LogP) is 1.97. The number of esters is 1. The lowest BCUT2D eigenvalue weighted by Crippen LogP contribution is -2.32. The summed E-state index contributed by atoms with van der Waals surface area (Å²) in [4.78, 5) is 15.9. The molecule has 0 spiro atoms. The molecule has 0 unspecified atom stereocenters. The number of halogens is 3. The second-order valence-corrected chi connectivity index (χ2v) is 3.77. The highest BCUT2D eigenvalue weighted by molar-refractivity contribution is 5.76. The Morgan fingerprint density at radius 1 is 1.50 bits per heavy atom. The standard InChI is InChI=1S/C12H12F3N3O2/c1-3-18(7-10(19)20-2)11-8(6-16)4-5-9(17-11)12(13,14)15/h4-5H,3,7H2,1-2H3. The van der Waals surface area contributed by atoms with E-state index in [0.717, 1.165) is 12.1 Å². The minimum Gasteiger partial charge on any atom is -0.468 e. The molecule has 0 saturated carbocycles. The van der Waals surface area contributed by atoms with Crippen molar-refractivity contribution in [3.05, 3.63) is 23.4 Å². The molecule has 20 heavy (non-hydrogen) atoms. The highest BCUT2D eigenvalue weighted by Gasteiger charge is 2.33. The summed E-state index contributed by atoms with van der Waals surface area (Å²) in [5, 5.41) is 8.93. The summed E-state index contributed by atoms with van der Waals surface area (Å²) in [6, 6.07) is 3.52. The van der Waals surface area contributed by atoms with Gasteiger partial charge in [-0.25, -0.2) is 4.98 Å². The predicted molar refractivity (Wildman–Crippen MR) is 63.9 cm³/mol. The molecule has 0 radical (unpaired) electrons. The van der Waals surface area contributed by atoms with Gasteiger partial charge in [-0.2, -0.15) is 18.4 Å². The van der Waals surface area contributed by atoms with Gasteiger partial charge in [-0.1, -0.05) is 0 Å². The summed E-state index contributed by atoms with van der Waals surface area (Å²) in [6.07, 6.45) is -4.62. The van der Waals surface area contributed by atoms with Crippen molar-refractivity contribution in [3.8, 4) is 6.07 Å². The van der Waals surface area contributed by atoms with E-state index in [1.54, 1.807) is 13.0 Å². The molecule has 1 heterocycles. The normalized spacial score (nSPS) is 10.8. The second kappa shape index (κ2) is 6.23. The van der Waals surface area contributed by atoms with Crippen LogP contribution in [0.25, 0.3) is 0 Å². The van der Waals surface area contributed by atoms with Crippen molar-refractivity contribution in [2.45, 2.75) is 13.1 Å².